The first-order chi connectivity index (χ1) is 3.65. The van der Waals surface area contributed by atoms with Crippen LogP contribution in [0, 0.1) is 0 Å². The van der Waals surface area contributed by atoms with Crippen molar-refractivity contribution in [3.05, 3.63) is 12.7 Å². The molecule has 0 amide bonds. The number of allylic oxidation sites excluding steroid dienone is 1. The van der Waals surface area contributed by atoms with Crippen LogP contribution in [-0.4, -0.2) is -0.0619 Å². The van der Waals surface area contributed by atoms with Crippen LogP contribution in [0.5, 0.6) is 0 Å². The van der Waals surface area contributed by atoms with Crippen LogP contribution < -0.4 is 0 Å². The Morgan fingerprint density at radius 3 is 1.62 bits per heavy atom. The first kappa shape index (κ1) is 12.6. The molecule has 0 bridgehead atoms. The van der Waals surface area contributed by atoms with Gasteiger partial charge in [-0.05, 0) is 6.42 Å². The largest absolute Gasteiger partial charge is 0.114 e. The number of hydrogen-bond donors (Lipinski definition) is 0. The monoisotopic (exact) mass is 450 g/mol. The van der Waals surface area contributed by atoms with Crippen molar-refractivity contribution in [2.75, 3.05) is 0 Å². The standard InChI is InChI=1S/C4H8.CHI3/c1-3-4-2;2-1(3)4/h3H,1,4H2,2H3;1H. The van der Waals surface area contributed by atoms with Crippen molar-refractivity contribution in [3.63, 3.8) is 0 Å². The topological polar surface area (TPSA) is 0 Å². The van der Waals surface area contributed by atoms with Gasteiger partial charge in [0.05, 0.1) is 0 Å². The molecule has 0 nitrogen and oxygen atoms in total. The molecule has 0 unspecified atom stereocenters. The minimum atomic E-state index is 0.743. The van der Waals surface area contributed by atoms with E-state index in [1.807, 2.05) is 6.08 Å². The van der Waals surface area contributed by atoms with Crippen molar-refractivity contribution in [1.29, 1.82) is 0 Å². The zero-order valence-corrected chi connectivity index (χ0v) is 11.2. The molecule has 3 heteroatoms. The summed E-state index contributed by atoms with van der Waals surface area (Å²) in [5.41, 5.74) is 0. The van der Waals surface area contributed by atoms with Gasteiger partial charge in [-0.2, -0.15) is 0 Å². The molecule has 0 N–H and O–H groups in total. The summed E-state index contributed by atoms with van der Waals surface area (Å²) in [7, 11) is 0. The Kier molecular flexibility index (Phi) is 18.4. The van der Waals surface area contributed by atoms with E-state index in [4.69, 9.17) is 0 Å². The number of halogens is 3. The fraction of sp³-hybridized carbons (Fsp3) is 0.600. The lowest BCUT2D eigenvalue weighted by Crippen LogP contribution is -1.47. The van der Waals surface area contributed by atoms with Crippen LogP contribution in [0.2, 0.25) is 0 Å². The highest BCUT2D eigenvalue weighted by Crippen LogP contribution is 2.16. The molecule has 0 spiro atoms. The lowest BCUT2D eigenvalue weighted by atomic mass is 10.5. The van der Waals surface area contributed by atoms with Crippen molar-refractivity contribution in [2.24, 2.45) is 0 Å². The van der Waals surface area contributed by atoms with E-state index in [-0.39, 0.29) is 0 Å². The van der Waals surface area contributed by atoms with Crippen LogP contribution in [0.4, 0.5) is 0 Å². The normalized spacial score (nSPS) is 7.62. The molecule has 0 saturated heterocycles. The number of alkyl halides is 3. The molecule has 0 fully saturated rings. The lowest BCUT2D eigenvalue weighted by molar-refractivity contribution is 1.23. The first-order valence-corrected chi connectivity index (χ1v) is 5.92. The van der Waals surface area contributed by atoms with Crippen molar-refractivity contribution >= 4 is 67.8 Å². The summed E-state index contributed by atoms with van der Waals surface area (Å²) in [6.07, 6.45) is 2.96. The highest BCUT2D eigenvalue weighted by atomic mass is 127. The van der Waals surface area contributed by atoms with Crippen LogP contribution in [0.25, 0.3) is 0 Å². The predicted molar refractivity (Wildman–Crippen MR) is 66.3 cm³/mol. The van der Waals surface area contributed by atoms with Crippen LogP contribution in [-0.2, 0) is 0 Å². The van der Waals surface area contributed by atoms with Gasteiger partial charge in [0.2, 0.25) is 0 Å². The molecule has 0 aliphatic carbocycles. The highest BCUT2D eigenvalue weighted by Gasteiger charge is 1.76. The fourth-order valence-corrected chi connectivity index (χ4v) is 0. The SMILES string of the molecule is C=CCC.IC(I)I. The molecular formula is C5H9I3. The summed E-state index contributed by atoms with van der Waals surface area (Å²) in [4.78, 5) is 0. The maximum atomic E-state index is 3.48. The second-order valence-corrected chi connectivity index (χ2v) is 11.8. The summed E-state index contributed by atoms with van der Waals surface area (Å²) in [5, 5.41) is 0. The van der Waals surface area contributed by atoms with Gasteiger partial charge in [-0.25, -0.2) is 0 Å². The van der Waals surface area contributed by atoms with E-state index < -0.39 is 0 Å². The third-order valence-corrected chi connectivity index (χ3v) is 0.289. The summed E-state index contributed by atoms with van der Waals surface area (Å²) < 4.78 is 0.743. The average molecular weight is 450 g/mol. The van der Waals surface area contributed by atoms with Crippen molar-refractivity contribution in [2.45, 2.75) is 13.3 Å². The molecule has 0 aromatic rings. The molecule has 8 heavy (non-hydrogen) atoms. The quantitative estimate of drug-likeness (QED) is 0.320. The van der Waals surface area contributed by atoms with Gasteiger partial charge in [0.25, 0.3) is 0 Å². The van der Waals surface area contributed by atoms with E-state index >= 15 is 0 Å². The Morgan fingerprint density at radius 2 is 1.62 bits per heavy atom. The Labute approximate surface area is 92.3 Å². The molecule has 0 radical (unpaired) electrons. The Bertz CT molecular complexity index is 40.2. The lowest BCUT2D eigenvalue weighted by Gasteiger charge is -1.71. The van der Waals surface area contributed by atoms with Gasteiger partial charge in [0.1, 0.15) is -0.0619 Å². The summed E-state index contributed by atoms with van der Waals surface area (Å²) >= 11 is 6.95. The summed E-state index contributed by atoms with van der Waals surface area (Å²) in [5.74, 6) is 0. The minimum Gasteiger partial charge on any atom is -0.103 e. The number of rotatable bonds is 1. The Balaban J connectivity index is 0. The fourth-order valence-electron chi connectivity index (χ4n) is 0. The number of hydrogen-bond acceptors (Lipinski definition) is 0. The zero-order valence-electron chi connectivity index (χ0n) is 4.70. The molecule has 0 aliphatic rings. The molecule has 0 aromatic carbocycles. The van der Waals surface area contributed by atoms with Crippen molar-refractivity contribution < 1.29 is 0 Å². The Morgan fingerprint density at radius 1 is 1.50 bits per heavy atom. The van der Waals surface area contributed by atoms with Gasteiger partial charge in [0, 0.05) is 0 Å². The van der Waals surface area contributed by atoms with E-state index in [0.717, 1.165) is 6.36 Å². The molecule has 0 aromatic heterocycles. The molecule has 0 saturated carbocycles. The predicted octanol–water partition coefficient (Wildman–Crippen LogP) is 4.16. The van der Waals surface area contributed by atoms with Crippen LogP contribution in [0.3, 0.4) is 0 Å². The molecule has 50 valence electrons. The van der Waals surface area contributed by atoms with Gasteiger partial charge in [-0.1, -0.05) is 80.8 Å². The van der Waals surface area contributed by atoms with Gasteiger partial charge in [0.15, 0.2) is 0 Å². The third-order valence-electron chi connectivity index (χ3n) is 0.289. The molecule has 0 heterocycles. The maximum absolute atomic E-state index is 3.48. The van der Waals surface area contributed by atoms with Gasteiger partial charge in [-0.15, -0.1) is 6.58 Å². The van der Waals surface area contributed by atoms with E-state index in [1.54, 1.807) is 0 Å². The molecule has 0 aliphatic heterocycles. The second kappa shape index (κ2) is 11.7. The van der Waals surface area contributed by atoms with Crippen molar-refractivity contribution in [1.82, 2.24) is 0 Å². The van der Waals surface area contributed by atoms with Crippen molar-refractivity contribution in [3.8, 4) is 0 Å². The zero-order chi connectivity index (χ0) is 6.99. The van der Waals surface area contributed by atoms with Crippen LogP contribution in [0.15, 0.2) is 12.7 Å². The second-order valence-electron chi connectivity index (χ2n) is 0.944. The third kappa shape index (κ3) is 44.4. The smallest absolute Gasteiger partial charge is 0.103 e. The minimum absolute atomic E-state index is 0.743. The van der Waals surface area contributed by atoms with Gasteiger partial charge in [-0.3, -0.25) is 0 Å². The molecular weight excluding hydrogens is 441 g/mol. The molecule has 0 atom stereocenters. The summed E-state index contributed by atoms with van der Waals surface area (Å²) in [6.45, 7) is 5.54. The average Bonchev–Trinajstić information content (AvgIpc) is 1.65. The van der Waals surface area contributed by atoms with Gasteiger partial charge >= 0.3 is 0 Å². The van der Waals surface area contributed by atoms with Crippen LogP contribution in [0.1, 0.15) is 13.3 Å². The van der Waals surface area contributed by atoms with Crippen LogP contribution >= 0.6 is 67.8 Å². The van der Waals surface area contributed by atoms with E-state index in [0.29, 0.717) is 0 Å². The van der Waals surface area contributed by atoms with E-state index in [1.165, 1.54) is 0 Å². The Hall–Kier alpha value is 1.93. The van der Waals surface area contributed by atoms with E-state index in [2.05, 4.69) is 81.3 Å². The molecule has 0 rings (SSSR count). The van der Waals surface area contributed by atoms with Gasteiger partial charge < -0.3 is 0 Å². The maximum Gasteiger partial charge on any atom is 0.114 e. The van der Waals surface area contributed by atoms with E-state index in [9.17, 15) is 0 Å². The first-order valence-electron chi connectivity index (χ1n) is 2.18. The highest BCUT2D eigenvalue weighted by molar-refractivity contribution is 14.3. The summed E-state index contributed by atoms with van der Waals surface area (Å²) in [6, 6.07) is 0.